The molecule has 0 radical (unpaired) electrons. The van der Waals surface area contributed by atoms with Crippen LogP contribution >= 0.6 is 12.2 Å². The first kappa shape index (κ1) is 17.4. The van der Waals surface area contributed by atoms with Crippen molar-refractivity contribution < 1.29 is 9.53 Å². The Kier molecular flexibility index (Phi) is 5.31. The van der Waals surface area contributed by atoms with Gasteiger partial charge in [-0.15, -0.1) is 0 Å². The van der Waals surface area contributed by atoms with Gasteiger partial charge in [-0.25, -0.2) is 5.43 Å². The van der Waals surface area contributed by atoms with Crippen LogP contribution in [-0.2, 0) is 6.42 Å². The number of thiocarbonyl (C=S) groups is 1. The second kappa shape index (κ2) is 7.63. The normalized spacial score (nSPS) is 17.5. The molecule has 0 saturated carbocycles. The summed E-state index contributed by atoms with van der Waals surface area (Å²) in [4.78, 5) is 13.0. The Labute approximate surface area is 152 Å². The van der Waals surface area contributed by atoms with Crippen molar-refractivity contribution >= 4 is 23.1 Å². The summed E-state index contributed by atoms with van der Waals surface area (Å²) in [7, 11) is 1.63. The summed E-state index contributed by atoms with van der Waals surface area (Å²) in [6.45, 7) is 0. The van der Waals surface area contributed by atoms with Crippen molar-refractivity contribution in [3.05, 3.63) is 65.2 Å². The van der Waals surface area contributed by atoms with Gasteiger partial charge in [-0.1, -0.05) is 36.4 Å². The topological polar surface area (TPSA) is 76.4 Å². The minimum Gasteiger partial charge on any atom is -0.497 e. The van der Waals surface area contributed by atoms with E-state index in [1.165, 1.54) is 0 Å². The van der Waals surface area contributed by atoms with Crippen LogP contribution in [0.2, 0.25) is 0 Å². The zero-order valence-electron chi connectivity index (χ0n) is 14.0. The second-order valence-corrected chi connectivity index (χ2v) is 6.49. The Morgan fingerprint density at radius 1 is 1.24 bits per heavy atom. The highest BCUT2D eigenvalue weighted by atomic mass is 32.1. The maximum absolute atomic E-state index is 13.0. The number of hydrogen-bond donors (Lipinski definition) is 3. The number of aryl methyl sites for hydroxylation is 1. The number of methoxy groups -OCH3 is 1. The van der Waals surface area contributed by atoms with E-state index in [9.17, 15) is 4.79 Å². The second-order valence-electron chi connectivity index (χ2n) is 6.05. The van der Waals surface area contributed by atoms with Gasteiger partial charge in [-0.2, -0.15) is 0 Å². The predicted molar refractivity (Wildman–Crippen MR) is 101 cm³/mol. The molecule has 2 unspecified atom stereocenters. The molecular formula is C19H21N3O2S. The van der Waals surface area contributed by atoms with Gasteiger partial charge in [-0.05, 0) is 48.3 Å². The third-order valence-electron chi connectivity index (χ3n) is 4.57. The molecular weight excluding hydrogens is 334 g/mol. The molecule has 5 nitrogen and oxygen atoms in total. The number of fused-ring (bicyclic) bond motifs is 1. The molecule has 0 aliphatic heterocycles. The molecule has 0 aromatic heterocycles. The molecule has 0 amide bonds. The molecule has 0 fully saturated rings. The van der Waals surface area contributed by atoms with Crippen LogP contribution < -0.4 is 21.3 Å². The van der Waals surface area contributed by atoms with Gasteiger partial charge in [0, 0.05) is 11.5 Å². The lowest BCUT2D eigenvalue weighted by atomic mass is 9.77. The standard InChI is InChI=1S/C19H21N3O2S/c1-24-14-9-6-13(7-10-14)17(21-22-19(20)25)16-11-8-12-4-2-3-5-15(12)18(16)23/h2-7,9-10,16-17,21H,8,11H2,1H3,(H3,20,22,25). The lowest BCUT2D eigenvalue weighted by Gasteiger charge is -2.31. The molecule has 0 saturated heterocycles. The van der Waals surface area contributed by atoms with Crippen LogP contribution in [-0.4, -0.2) is 18.0 Å². The number of rotatable bonds is 5. The van der Waals surface area contributed by atoms with E-state index in [0.717, 1.165) is 35.3 Å². The number of benzene rings is 2. The van der Waals surface area contributed by atoms with Gasteiger partial charge in [0.05, 0.1) is 13.2 Å². The van der Waals surface area contributed by atoms with Crippen LogP contribution in [0.15, 0.2) is 48.5 Å². The van der Waals surface area contributed by atoms with Crippen molar-refractivity contribution in [3.8, 4) is 5.75 Å². The summed E-state index contributed by atoms with van der Waals surface area (Å²) in [6.07, 6.45) is 1.63. The molecule has 3 rings (SSSR count). The molecule has 130 valence electrons. The van der Waals surface area contributed by atoms with Crippen molar-refractivity contribution in [1.82, 2.24) is 10.9 Å². The van der Waals surface area contributed by atoms with E-state index in [4.69, 9.17) is 22.7 Å². The largest absolute Gasteiger partial charge is 0.497 e. The van der Waals surface area contributed by atoms with Crippen LogP contribution in [0.5, 0.6) is 5.75 Å². The van der Waals surface area contributed by atoms with E-state index in [-0.39, 0.29) is 22.9 Å². The molecule has 0 heterocycles. The first-order chi connectivity index (χ1) is 12.1. The third kappa shape index (κ3) is 3.81. The molecule has 6 heteroatoms. The number of Topliss-reactive ketones (excluding diaryl/α,β-unsaturated/α-hetero) is 1. The van der Waals surface area contributed by atoms with Crippen LogP contribution in [0.3, 0.4) is 0 Å². The highest BCUT2D eigenvalue weighted by molar-refractivity contribution is 7.80. The van der Waals surface area contributed by atoms with Crippen LogP contribution in [0.4, 0.5) is 0 Å². The Morgan fingerprint density at radius 2 is 1.96 bits per heavy atom. The van der Waals surface area contributed by atoms with Crippen molar-refractivity contribution in [3.63, 3.8) is 0 Å². The van der Waals surface area contributed by atoms with Gasteiger partial charge >= 0.3 is 0 Å². The number of hydrogen-bond acceptors (Lipinski definition) is 4. The van der Waals surface area contributed by atoms with Gasteiger partial charge in [-0.3, -0.25) is 10.2 Å². The van der Waals surface area contributed by atoms with Gasteiger partial charge in [0.2, 0.25) is 0 Å². The number of nitrogens with two attached hydrogens (primary N) is 1. The van der Waals surface area contributed by atoms with E-state index in [2.05, 4.69) is 10.9 Å². The SMILES string of the molecule is COc1ccc(C(NNC(N)=S)C2CCc3ccccc3C2=O)cc1. The molecule has 0 bridgehead atoms. The van der Waals surface area contributed by atoms with Crippen LogP contribution in [0.1, 0.15) is 33.9 Å². The summed E-state index contributed by atoms with van der Waals surface area (Å²) in [5.74, 6) is 0.704. The summed E-state index contributed by atoms with van der Waals surface area (Å²) in [5, 5.41) is 0.141. The molecule has 1 aliphatic rings. The highest BCUT2D eigenvalue weighted by Crippen LogP contribution is 2.34. The number of ketones is 1. The van der Waals surface area contributed by atoms with Gasteiger partial charge in [0.15, 0.2) is 10.9 Å². The minimum absolute atomic E-state index is 0.139. The lowest BCUT2D eigenvalue weighted by molar-refractivity contribution is 0.0863. The first-order valence-corrected chi connectivity index (χ1v) is 8.58. The Hall–Kier alpha value is -2.44. The summed E-state index contributed by atoms with van der Waals surface area (Å²) in [5.41, 5.74) is 14.4. The van der Waals surface area contributed by atoms with E-state index in [0.29, 0.717) is 0 Å². The van der Waals surface area contributed by atoms with Gasteiger partial charge < -0.3 is 10.5 Å². The smallest absolute Gasteiger partial charge is 0.178 e. The predicted octanol–water partition coefficient (Wildman–Crippen LogP) is 2.52. The fourth-order valence-electron chi connectivity index (χ4n) is 3.31. The zero-order chi connectivity index (χ0) is 17.8. The monoisotopic (exact) mass is 355 g/mol. The molecule has 2 aromatic rings. The fourth-order valence-corrected chi connectivity index (χ4v) is 3.37. The van der Waals surface area contributed by atoms with Crippen molar-refractivity contribution in [2.45, 2.75) is 18.9 Å². The highest BCUT2D eigenvalue weighted by Gasteiger charge is 2.34. The number of hydrazine groups is 1. The lowest BCUT2D eigenvalue weighted by Crippen LogP contribution is -2.47. The van der Waals surface area contributed by atoms with Crippen LogP contribution in [0, 0.1) is 5.92 Å². The first-order valence-electron chi connectivity index (χ1n) is 8.17. The zero-order valence-corrected chi connectivity index (χ0v) is 14.8. The van der Waals surface area contributed by atoms with Crippen molar-refractivity contribution in [2.24, 2.45) is 11.7 Å². The average Bonchev–Trinajstić information content (AvgIpc) is 2.64. The molecule has 4 N–H and O–H groups in total. The minimum atomic E-state index is -0.242. The summed E-state index contributed by atoms with van der Waals surface area (Å²) >= 11 is 4.90. The number of nitrogens with one attached hydrogen (secondary N) is 2. The maximum atomic E-state index is 13.0. The molecule has 25 heavy (non-hydrogen) atoms. The third-order valence-corrected chi connectivity index (χ3v) is 4.67. The Balaban J connectivity index is 1.91. The molecule has 0 spiro atoms. The van der Waals surface area contributed by atoms with Crippen LogP contribution in [0.25, 0.3) is 0 Å². The van der Waals surface area contributed by atoms with E-state index in [1.807, 2.05) is 48.5 Å². The van der Waals surface area contributed by atoms with E-state index < -0.39 is 0 Å². The van der Waals surface area contributed by atoms with Crippen molar-refractivity contribution in [1.29, 1.82) is 0 Å². The summed E-state index contributed by atoms with van der Waals surface area (Å²) < 4.78 is 5.22. The Morgan fingerprint density at radius 3 is 2.64 bits per heavy atom. The molecule has 2 atom stereocenters. The average molecular weight is 355 g/mol. The van der Waals surface area contributed by atoms with Crippen molar-refractivity contribution in [2.75, 3.05) is 7.11 Å². The van der Waals surface area contributed by atoms with E-state index >= 15 is 0 Å². The fraction of sp³-hybridized carbons (Fsp3) is 0.263. The number of carbonyl (C=O) groups is 1. The molecule has 2 aromatic carbocycles. The summed E-state index contributed by atoms with van der Waals surface area (Å²) in [6, 6.07) is 15.2. The maximum Gasteiger partial charge on any atom is 0.178 e. The van der Waals surface area contributed by atoms with Gasteiger partial charge in [0.1, 0.15) is 5.75 Å². The number of carbonyl (C=O) groups excluding carboxylic acids is 1. The Bertz CT molecular complexity index is 776. The molecule has 1 aliphatic carbocycles. The van der Waals surface area contributed by atoms with E-state index in [1.54, 1.807) is 7.11 Å². The van der Waals surface area contributed by atoms with Gasteiger partial charge in [0.25, 0.3) is 0 Å². The quantitative estimate of drug-likeness (QED) is 0.565. The number of ether oxygens (including phenoxy) is 1.